The molecule has 0 bridgehead atoms. The number of nitrogens with two attached hydrogens (primary N) is 2. The van der Waals surface area contributed by atoms with Crippen LogP contribution in [0.15, 0.2) is 0 Å². The number of hydrogen-bond donors (Lipinski definition) is 2. The van der Waals surface area contributed by atoms with Crippen LogP contribution in [0.3, 0.4) is 0 Å². The van der Waals surface area contributed by atoms with Crippen LogP contribution in [0.5, 0.6) is 0 Å². The average molecular weight is 291 g/mol. The van der Waals surface area contributed by atoms with Crippen LogP contribution in [-0.2, 0) is 14.6 Å². The molecule has 0 radical (unpaired) electrons. The molecule has 19 heavy (non-hydrogen) atoms. The molecular weight excluding hydrogens is 266 g/mol. The number of carbonyl (C=O) groups excluding carboxylic acids is 1. The molecule has 2 atom stereocenters. The summed E-state index contributed by atoms with van der Waals surface area (Å²) in [6.07, 6.45) is 2.96. The van der Waals surface area contributed by atoms with Crippen LogP contribution in [0.1, 0.15) is 32.6 Å². The van der Waals surface area contributed by atoms with Gasteiger partial charge in [0.2, 0.25) is 5.91 Å². The van der Waals surface area contributed by atoms with Crippen molar-refractivity contribution < 1.29 is 13.2 Å². The van der Waals surface area contributed by atoms with Crippen molar-refractivity contribution in [1.29, 1.82) is 0 Å². The van der Waals surface area contributed by atoms with Crippen molar-refractivity contribution in [3.63, 3.8) is 0 Å². The summed E-state index contributed by atoms with van der Waals surface area (Å²) in [6.45, 7) is 2.46. The molecule has 2 unspecified atom stereocenters. The molecule has 1 saturated heterocycles. The SMILES string of the molecule is CN(CCCCC(C)(N)C(N)=O)C1CCS(=O)(=O)C1. The van der Waals surface area contributed by atoms with Crippen LogP contribution in [0, 0.1) is 0 Å². The van der Waals surface area contributed by atoms with E-state index < -0.39 is 21.3 Å². The van der Waals surface area contributed by atoms with E-state index in [1.54, 1.807) is 6.92 Å². The zero-order chi connectivity index (χ0) is 14.7. The summed E-state index contributed by atoms with van der Waals surface area (Å²) in [5, 5.41) is 0. The standard InChI is InChI=1S/C12H25N3O3S/c1-12(14,11(13)16)6-3-4-7-15(2)10-5-8-19(17,18)9-10/h10H,3-9,14H2,1-2H3,(H2,13,16). The Bertz CT molecular complexity index is 420. The Balaban J connectivity index is 2.25. The van der Waals surface area contributed by atoms with E-state index in [1.807, 2.05) is 7.05 Å². The lowest BCUT2D eigenvalue weighted by atomic mass is 9.95. The summed E-state index contributed by atoms with van der Waals surface area (Å²) >= 11 is 0. The first-order chi connectivity index (χ1) is 8.64. The molecule has 1 aliphatic heterocycles. The van der Waals surface area contributed by atoms with Crippen molar-refractivity contribution in [3.05, 3.63) is 0 Å². The van der Waals surface area contributed by atoms with E-state index in [0.717, 1.165) is 19.4 Å². The number of nitrogens with zero attached hydrogens (tertiary/aromatic N) is 1. The predicted molar refractivity (Wildman–Crippen MR) is 75.3 cm³/mol. The Kier molecular flexibility index (Phi) is 5.34. The molecule has 0 aromatic rings. The van der Waals surface area contributed by atoms with E-state index in [-0.39, 0.29) is 11.8 Å². The minimum absolute atomic E-state index is 0.130. The third-order valence-electron chi connectivity index (χ3n) is 3.85. The van der Waals surface area contributed by atoms with Crippen LogP contribution < -0.4 is 11.5 Å². The van der Waals surface area contributed by atoms with Crippen molar-refractivity contribution in [3.8, 4) is 0 Å². The first-order valence-corrected chi connectivity index (χ1v) is 8.46. The smallest absolute Gasteiger partial charge is 0.237 e. The normalized spacial score (nSPS) is 25.4. The van der Waals surface area contributed by atoms with Gasteiger partial charge in [-0.15, -0.1) is 0 Å². The molecule has 1 rings (SSSR count). The molecule has 0 saturated carbocycles. The largest absolute Gasteiger partial charge is 0.368 e. The zero-order valence-electron chi connectivity index (χ0n) is 11.8. The molecule has 1 aliphatic rings. The highest BCUT2D eigenvalue weighted by molar-refractivity contribution is 7.91. The van der Waals surface area contributed by atoms with Crippen molar-refractivity contribution >= 4 is 15.7 Å². The summed E-state index contributed by atoms with van der Waals surface area (Å²) in [5.74, 6) is 0.0759. The quantitative estimate of drug-likeness (QED) is 0.614. The molecule has 1 fully saturated rings. The highest BCUT2D eigenvalue weighted by atomic mass is 32.2. The van der Waals surface area contributed by atoms with Crippen LogP contribution in [0.4, 0.5) is 0 Å². The minimum Gasteiger partial charge on any atom is -0.368 e. The number of unbranched alkanes of at least 4 members (excludes halogenated alkanes) is 1. The Morgan fingerprint density at radius 2 is 2.05 bits per heavy atom. The number of sulfone groups is 1. The number of rotatable bonds is 7. The van der Waals surface area contributed by atoms with Gasteiger partial charge in [-0.05, 0) is 46.2 Å². The lowest BCUT2D eigenvalue weighted by Gasteiger charge is -2.24. The second kappa shape index (κ2) is 6.19. The van der Waals surface area contributed by atoms with Gasteiger partial charge in [-0.25, -0.2) is 8.42 Å². The molecule has 0 aromatic carbocycles. The molecule has 0 aliphatic carbocycles. The minimum atomic E-state index is -2.83. The molecule has 7 heteroatoms. The van der Waals surface area contributed by atoms with Gasteiger partial charge in [-0.3, -0.25) is 4.79 Å². The maximum Gasteiger partial charge on any atom is 0.237 e. The second-order valence-electron chi connectivity index (χ2n) is 5.78. The monoisotopic (exact) mass is 291 g/mol. The van der Waals surface area contributed by atoms with E-state index >= 15 is 0 Å². The van der Waals surface area contributed by atoms with Crippen molar-refractivity contribution in [2.75, 3.05) is 25.1 Å². The first-order valence-electron chi connectivity index (χ1n) is 6.63. The molecule has 112 valence electrons. The van der Waals surface area contributed by atoms with Gasteiger partial charge >= 0.3 is 0 Å². The van der Waals surface area contributed by atoms with Crippen molar-refractivity contribution in [2.45, 2.75) is 44.2 Å². The van der Waals surface area contributed by atoms with Gasteiger partial charge in [0.15, 0.2) is 9.84 Å². The van der Waals surface area contributed by atoms with Crippen molar-refractivity contribution in [2.24, 2.45) is 11.5 Å². The molecule has 1 heterocycles. The molecule has 1 amide bonds. The van der Waals surface area contributed by atoms with E-state index in [1.165, 1.54) is 0 Å². The van der Waals surface area contributed by atoms with Gasteiger partial charge in [0.05, 0.1) is 17.0 Å². The van der Waals surface area contributed by atoms with Gasteiger partial charge in [0.25, 0.3) is 0 Å². The van der Waals surface area contributed by atoms with E-state index in [2.05, 4.69) is 4.90 Å². The maximum atomic E-state index is 11.4. The fourth-order valence-corrected chi connectivity index (χ4v) is 4.09. The van der Waals surface area contributed by atoms with E-state index in [9.17, 15) is 13.2 Å². The lowest BCUT2D eigenvalue weighted by molar-refractivity contribution is -0.122. The Labute approximate surface area is 115 Å². The number of amides is 1. The van der Waals surface area contributed by atoms with Crippen LogP contribution in [-0.4, -0.2) is 55.9 Å². The van der Waals surface area contributed by atoms with Crippen LogP contribution in [0.25, 0.3) is 0 Å². The van der Waals surface area contributed by atoms with Gasteiger partial charge in [0.1, 0.15) is 0 Å². The van der Waals surface area contributed by atoms with E-state index in [4.69, 9.17) is 11.5 Å². The maximum absolute atomic E-state index is 11.4. The number of primary amides is 1. The molecule has 4 N–H and O–H groups in total. The van der Waals surface area contributed by atoms with Gasteiger partial charge in [0, 0.05) is 6.04 Å². The highest BCUT2D eigenvalue weighted by Gasteiger charge is 2.30. The zero-order valence-corrected chi connectivity index (χ0v) is 12.6. The number of carbonyl (C=O) groups is 1. The molecule has 6 nitrogen and oxygen atoms in total. The summed E-state index contributed by atoms with van der Waals surface area (Å²) in [6, 6.07) is 0.130. The van der Waals surface area contributed by atoms with E-state index in [0.29, 0.717) is 18.6 Å². The first kappa shape index (κ1) is 16.4. The van der Waals surface area contributed by atoms with Crippen LogP contribution in [0.2, 0.25) is 0 Å². The fraction of sp³-hybridized carbons (Fsp3) is 0.917. The second-order valence-corrected chi connectivity index (χ2v) is 8.01. The van der Waals surface area contributed by atoms with Crippen molar-refractivity contribution in [1.82, 2.24) is 4.90 Å². The number of hydrogen-bond acceptors (Lipinski definition) is 5. The topological polar surface area (TPSA) is 106 Å². The summed E-state index contributed by atoms with van der Waals surface area (Å²) in [7, 11) is -0.883. The summed E-state index contributed by atoms with van der Waals surface area (Å²) in [4.78, 5) is 13.1. The fourth-order valence-electron chi connectivity index (χ4n) is 2.28. The molecule has 0 spiro atoms. The average Bonchev–Trinajstić information content (AvgIpc) is 2.64. The predicted octanol–water partition coefficient (Wildman–Crippen LogP) is -0.522. The van der Waals surface area contributed by atoms with Gasteiger partial charge in [-0.1, -0.05) is 0 Å². The third kappa shape index (κ3) is 5.08. The highest BCUT2D eigenvalue weighted by Crippen LogP contribution is 2.17. The summed E-state index contributed by atoms with van der Waals surface area (Å²) in [5.41, 5.74) is 10.0. The third-order valence-corrected chi connectivity index (χ3v) is 5.60. The van der Waals surface area contributed by atoms with Gasteiger partial charge in [-0.2, -0.15) is 0 Å². The molecule has 0 aromatic heterocycles. The van der Waals surface area contributed by atoms with Crippen LogP contribution >= 0.6 is 0 Å². The van der Waals surface area contributed by atoms with Gasteiger partial charge < -0.3 is 16.4 Å². The Morgan fingerprint density at radius 1 is 1.42 bits per heavy atom. The summed E-state index contributed by atoms with van der Waals surface area (Å²) < 4.78 is 22.8. The Hall–Kier alpha value is -0.660. The Morgan fingerprint density at radius 3 is 2.53 bits per heavy atom. The molecular formula is C12H25N3O3S. The lowest BCUT2D eigenvalue weighted by Crippen LogP contribution is -2.49.